The van der Waals surface area contributed by atoms with E-state index in [0.29, 0.717) is 0 Å². The number of hydrogen-bond donors (Lipinski definition) is 1. The van der Waals surface area contributed by atoms with E-state index >= 15 is 0 Å². The second-order valence-corrected chi connectivity index (χ2v) is 3.12. The first-order chi connectivity index (χ1) is 6.63. The molecular formula is C9H4ClNO3. The Kier molecular flexibility index (Phi) is 1.86. The largest absolute Gasteiger partial charge is 0.506 e. The third kappa shape index (κ3) is 1.04. The van der Waals surface area contributed by atoms with E-state index in [4.69, 9.17) is 11.6 Å². The van der Waals surface area contributed by atoms with E-state index in [1.54, 1.807) is 0 Å². The monoisotopic (exact) mass is 209 g/mol. The number of carbonyl (C=O) groups excluding carboxylic acids is 2. The second-order valence-electron chi connectivity index (χ2n) is 2.74. The average molecular weight is 210 g/mol. The Morgan fingerprint density at radius 2 is 1.93 bits per heavy atom. The van der Waals surface area contributed by atoms with Crippen LogP contribution in [-0.2, 0) is 4.79 Å². The van der Waals surface area contributed by atoms with Gasteiger partial charge >= 0.3 is 0 Å². The van der Waals surface area contributed by atoms with E-state index in [0.717, 1.165) is 0 Å². The molecule has 0 fully saturated rings. The molecule has 2 rings (SSSR count). The van der Waals surface area contributed by atoms with Crippen molar-refractivity contribution in [3.63, 3.8) is 0 Å². The number of nitrogens with zero attached hydrogens (tertiary/aromatic N) is 1. The number of Topliss-reactive ketones (excluding diaryl/α,β-unsaturated/α-hetero) is 2. The van der Waals surface area contributed by atoms with Crippen LogP contribution in [0.4, 0.5) is 0 Å². The summed E-state index contributed by atoms with van der Waals surface area (Å²) in [5, 5.41) is 9.03. The van der Waals surface area contributed by atoms with E-state index < -0.39 is 16.6 Å². The van der Waals surface area contributed by atoms with Gasteiger partial charge in [0.05, 0.1) is 5.56 Å². The van der Waals surface area contributed by atoms with Gasteiger partial charge in [-0.05, 0) is 6.07 Å². The molecule has 14 heavy (non-hydrogen) atoms. The number of pyridine rings is 1. The Balaban J connectivity index is 2.78. The van der Waals surface area contributed by atoms with E-state index in [1.807, 2.05) is 0 Å². The predicted octanol–water partition coefficient (Wildman–Crippen LogP) is 1.31. The van der Waals surface area contributed by atoms with Crippen LogP contribution in [0.15, 0.2) is 23.5 Å². The van der Waals surface area contributed by atoms with Crippen LogP contribution in [0.25, 0.3) is 5.76 Å². The number of rotatable bonds is 0. The minimum Gasteiger partial charge on any atom is -0.506 e. The Labute approximate surface area is 83.8 Å². The number of allylic oxidation sites excluding steroid dienone is 1. The molecule has 0 aliphatic heterocycles. The molecule has 5 heteroatoms. The van der Waals surface area contributed by atoms with Gasteiger partial charge < -0.3 is 5.11 Å². The molecule has 1 heterocycles. The van der Waals surface area contributed by atoms with Gasteiger partial charge in [-0.1, -0.05) is 11.6 Å². The molecule has 1 N–H and O–H groups in total. The third-order valence-corrected chi connectivity index (χ3v) is 2.28. The number of hydrogen-bond acceptors (Lipinski definition) is 4. The molecule has 1 aliphatic carbocycles. The summed E-state index contributed by atoms with van der Waals surface area (Å²) in [7, 11) is 0. The predicted molar refractivity (Wildman–Crippen MR) is 49.0 cm³/mol. The number of aromatic nitrogens is 1. The Morgan fingerprint density at radius 1 is 1.21 bits per heavy atom. The Morgan fingerprint density at radius 3 is 2.64 bits per heavy atom. The van der Waals surface area contributed by atoms with Crippen LogP contribution in [0.3, 0.4) is 0 Å². The topological polar surface area (TPSA) is 67.3 Å². The minimum atomic E-state index is -0.898. The Hall–Kier alpha value is -1.68. The quantitative estimate of drug-likeness (QED) is 0.655. The molecule has 4 nitrogen and oxygen atoms in total. The summed E-state index contributed by atoms with van der Waals surface area (Å²) in [6.07, 6.45) is 2.64. The lowest BCUT2D eigenvalue weighted by Crippen LogP contribution is -2.21. The van der Waals surface area contributed by atoms with Crippen molar-refractivity contribution in [1.82, 2.24) is 4.98 Å². The molecule has 1 aliphatic rings. The normalized spacial score (nSPS) is 15.8. The van der Waals surface area contributed by atoms with Gasteiger partial charge in [0.25, 0.3) is 0 Å². The molecule has 0 saturated heterocycles. The highest BCUT2D eigenvalue weighted by Gasteiger charge is 2.31. The molecule has 0 bridgehead atoms. The lowest BCUT2D eigenvalue weighted by molar-refractivity contribution is -0.111. The zero-order valence-electron chi connectivity index (χ0n) is 6.82. The summed E-state index contributed by atoms with van der Waals surface area (Å²) in [4.78, 5) is 26.2. The van der Waals surface area contributed by atoms with Crippen LogP contribution in [-0.4, -0.2) is 21.7 Å². The maximum Gasteiger partial charge on any atom is 0.248 e. The number of ketones is 2. The summed E-state index contributed by atoms with van der Waals surface area (Å²) in [5.74, 6) is -2.01. The first-order valence-electron chi connectivity index (χ1n) is 3.75. The molecule has 0 amide bonds. The lowest BCUT2D eigenvalue weighted by Gasteiger charge is -2.12. The van der Waals surface area contributed by atoms with Crippen molar-refractivity contribution in [2.45, 2.75) is 0 Å². The fraction of sp³-hybridized carbons (Fsp3) is 0. The molecule has 0 atom stereocenters. The van der Waals surface area contributed by atoms with E-state index in [9.17, 15) is 14.7 Å². The zero-order valence-corrected chi connectivity index (χ0v) is 7.58. The maximum atomic E-state index is 11.4. The zero-order chi connectivity index (χ0) is 10.3. The third-order valence-electron chi connectivity index (χ3n) is 1.93. The summed E-state index contributed by atoms with van der Waals surface area (Å²) in [5.41, 5.74) is 0.328. The SMILES string of the molecule is O=C1C(=O)c2cnccc2C(O)=C1Cl. The highest BCUT2D eigenvalue weighted by molar-refractivity contribution is 6.64. The highest BCUT2D eigenvalue weighted by atomic mass is 35.5. The standard InChI is InChI=1S/C9H4ClNO3/c10-6-7(12)4-1-2-11-3-5(4)8(13)9(6)14/h1-3,12H. The summed E-state index contributed by atoms with van der Waals surface area (Å²) < 4.78 is 0. The van der Waals surface area contributed by atoms with Crippen molar-refractivity contribution in [3.05, 3.63) is 34.6 Å². The van der Waals surface area contributed by atoms with Crippen molar-refractivity contribution in [2.24, 2.45) is 0 Å². The van der Waals surface area contributed by atoms with Gasteiger partial charge in [-0.15, -0.1) is 0 Å². The van der Waals surface area contributed by atoms with E-state index in [-0.39, 0.29) is 16.9 Å². The van der Waals surface area contributed by atoms with Crippen molar-refractivity contribution < 1.29 is 14.7 Å². The highest BCUT2D eigenvalue weighted by Crippen LogP contribution is 2.28. The first-order valence-corrected chi connectivity index (χ1v) is 4.13. The van der Waals surface area contributed by atoms with Gasteiger partial charge in [-0.2, -0.15) is 0 Å². The Bertz CT molecular complexity index is 479. The van der Waals surface area contributed by atoms with Gasteiger partial charge in [-0.3, -0.25) is 14.6 Å². The van der Waals surface area contributed by atoms with E-state index in [2.05, 4.69) is 4.98 Å². The molecule has 0 radical (unpaired) electrons. The van der Waals surface area contributed by atoms with Gasteiger partial charge in [0, 0.05) is 18.0 Å². The fourth-order valence-corrected chi connectivity index (χ4v) is 1.42. The van der Waals surface area contributed by atoms with Crippen LogP contribution in [0.2, 0.25) is 0 Å². The van der Waals surface area contributed by atoms with Crippen LogP contribution >= 0.6 is 11.6 Å². The number of fused-ring (bicyclic) bond motifs is 1. The second kappa shape index (κ2) is 2.92. The fourth-order valence-electron chi connectivity index (χ4n) is 1.23. The number of aliphatic hydroxyl groups is 1. The summed E-state index contributed by atoms with van der Waals surface area (Å²) >= 11 is 5.48. The number of carbonyl (C=O) groups is 2. The molecule has 1 aromatic rings. The molecule has 1 aromatic heterocycles. The molecule has 0 aromatic carbocycles. The van der Waals surface area contributed by atoms with Gasteiger partial charge in [0.1, 0.15) is 10.8 Å². The van der Waals surface area contributed by atoms with Crippen molar-refractivity contribution in [2.75, 3.05) is 0 Å². The van der Waals surface area contributed by atoms with E-state index in [1.165, 1.54) is 18.5 Å². The lowest BCUT2D eigenvalue weighted by atomic mass is 9.96. The van der Waals surface area contributed by atoms with Crippen LogP contribution in [0.1, 0.15) is 15.9 Å². The minimum absolute atomic E-state index is 0.0828. The number of halogens is 1. The van der Waals surface area contributed by atoms with Gasteiger partial charge in [0.2, 0.25) is 11.6 Å². The smallest absolute Gasteiger partial charge is 0.248 e. The molecular weight excluding hydrogens is 206 g/mol. The number of aliphatic hydroxyl groups excluding tert-OH is 1. The maximum absolute atomic E-state index is 11.4. The van der Waals surface area contributed by atoms with Crippen molar-refractivity contribution in [3.8, 4) is 0 Å². The first kappa shape index (κ1) is 8.90. The van der Waals surface area contributed by atoms with Crippen LogP contribution in [0.5, 0.6) is 0 Å². The molecule has 0 spiro atoms. The van der Waals surface area contributed by atoms with Crippen molar-refractivity contribution >= 4 is 28.9 Å². The average Bonchev–Trinajstić information content (AvgIpc) is 2.23. The summed E-state index contributed by atoms with van der Waals surface area (Å²) in [6, 6.07) is 1.43. The summed E-state index contributed by atoms with van der Waals surface area (Å²) in [6.45, 7) is 0. The molecule has 70 valence electrons. The van der Waals surface area contributed by atoms with Crippen LogP contribution < -0.4 is 0 Å². The molecule has 0 unspecified atom stereocenters. The van der Waals surface area contributed by atoms with Crippen LogP contribution in [0, 0.1) is 0 Å². The molecule has 0 saturated carbocycles. The van der Waals surface area contributed by atoms with Gasteiger partial charge in [-0.25, -0.2) is 0 Å². The van der Waals surface area contributed by atoms with Gasteiger partial charge in [0.15, 0.2) is 0 Å². The van der Waals surface area contributed by atoms with Crippen molar-refractivity contribution in [1.29, 1.82) is 0 Å².